The van der Waals surface area contributed by atoms with Gasteiger partial charge in [-0.2, -0.15) is 10.1 Å². The zero-order chi connectivity index (χ0) is 13.6. The fourth-order valence-electron chi connectivity index (χ4n) is 1.05. The molecule has 0 unspecified atom stereocenters. The van der Waals surface area contributed by atoms with Crippen LogP contribution in [0.15, 0.2) is 25.3 Å². The van der Waals surface area contributed by atoms with Gasteiger partial charge in [0, 0.05) is 0 Å². The quantitative estimate of drug-likeness (QED) is 0.524. The summed E-state index contributed by atoms with van der Waals surface area (Å²) in [4.78, 5) is 28.4. The Hall–Kier alpha value is -1.62. The van der Waals surface area contributed by atoms with Crippen molar-refractivity contribution >= 4 is 11.8 Å². The van der Waals surface area contributed by atoms with Crippen molar-refractivity contribution in [2.75, 3.05) is 0 Å². The average molecular weight is 240 g/mol. The van der Waals surface area contributed by atoms with Gasteiger partial charge in [-0.25, -0.2) is 0 Å². The van der Waals surface area contributed by atoms with E-state index in [0.29, 0.717) is 0 Å². The predicted molar refractivity (Wildman–Crippen MR) is 65.4 cm³/mol. The van der Waals surface area contributed by atoms with Crippen LogP contribution in [-0.2, 0) is 14.5 Å². The first-order valence-corrected chi connectivity index (χ1v) is 5.44. The zero-order valence-electron chi connectivity index (χ0n) is 10.8. The molecule has 0 aromatic heterocycles. The molecule has 0 rings (SSSR count). The summed E-state index contributed by atoms with van der Waals surface area (Å²) in [7, 11) is 0. The van der Waals surface area contributed by atoms with Crippen molar-refractivity contribution < 1.29 is 14.5 Å². The zero-order valence-corrected chi connectivity index (χ0v) is 10.8. The molecule has 0 aromatic rings. The molecule has 5 nitrogen and oxygen atoms in total. The molecule has 0 atom stereocenters. The standard InChI is InChI=1S/C12H20N2O3/c1-7-11(15)13(9(3)4)17-14(10(5)6)12(16)8-2/h7-10H,1-2H2,3-6H3. The molecule has 0 saturated carbocycles. The Morgan fingerprint density at radius 2 is 1.24 bits per heavy atom. The lowest BCUT2D eigenvalue weighted by molar-refractivity contribution is -0.311. The molecule has 0 radical (unpaired) electrons. The van der Waals surface area contributed by atoms with Gasteiger partial charge in [0.15, 0.2) is 0 Å². The van der Waals surface area contributed by atoms with Gasteiger partial charge in [-0.05, 0) is 39.8 Å². The van der Waals surface area contributed by atoms with Crippen molar-refractivity contribution in [2.24, 2.45) is 0 Å². The first-order valence-electron chi connectivity index (χ1n) is 5.44. The minimum atomic E-state index is -0.400. The highest BCUT2D eigenvalue weighted by Gasteiger charge is 2.24. The van der Waals surface area contributed by atoms with Crippen LogP contribution in [0.25, 0.3) is 0 Å². The van der Waals surface area contributed by atoms with E-state index in [-0.39, 0.29) is 12.1 Å². The molecule has 0 aliphatic rings. The SMILES string of the molecule is C=CC(=O)N(ON(C(=O)C=C)C(C)C)C(C)C. The third kappa shape index (κ3) is 4.40. The molecule has 0 fully saturated rings. The Kier molecular flexibility index (Phi) is 6.20. The fraction of sp³-hybridized carbons (Fsp3) is 0.500. The Morgan fingerprint density at radius 1 is 0.941 bits per heavy atom. The monoisotopic (exact) mass is 240 g/mol. The molecule has 0 aliphatic heterocycles. The number of hydrogen-bond acceptors (Lipinski definition) is 3. The van der Waals surface area contributed by atoms with Crippen LogP contribution in [0.1, 0.15) is 27.7 Å². The first kappa shape index (κ1) is 15.4. The summed E-state index contributed by atoms with van der Waals surface area (Å²) in [6.45, 7) is 13.9. The lowest BCUT2D eigenvalue weighted by Crippen LogP contribution is -2.46. The van der Waals surface area contributed by atoms with E-state index in [2.05, 4.69) is 13.2 Å². The van der Waals surface area contributed by atoms with Crippen molar-refractivity contribution in [1.82, 2.24) is 10.1 Å². The van der Waals surface area contributed by atoms with Gasteiger partial charge in [-0.3, -0.25) is 9.59 Å². The number of hydroxylamine groups is 4. The van der Waals surface area contributed by atoms with E-state index >= 15 is 0 Å². The summed E-state index contributed by atoms with van der Waals surface area (Å²) < 4.78 is 0. The molecule has 0 saturated heterocycles. The summed E-state index contributed by atoms with van der Waals surface area (Å²) in [6, 6.07) is -0.418. The van der Waals surface area contributed by atoms with E-state index in [1.807, 2.05) is 0 Å². The number of hydrogen-bond donors (Lipinski definition) is 0. The van der Waals surface area contributed by atoms with Crippen LogP contribution in [0.3, 0.4) is 0 Å². The highest BCUT2D eigenvalue weighted by Crippen LogP contribution is 2.08. The van der Waals surface area contributed by atoms with Gasteiger partial charge in [-0.1, -0.05) is 13.2 Å². The normalized spacial score (nSPS) is 10.2. The summed E-state index contributed by atoms with van der Waals surface area (Å²) in [5.41, 5.74) is 0. The summed E-state index contributed by atoms with van der Waals surface area (Å²) in [6.07, 6.45) is 2.27. The smallest absolute Gasteiger partial charge is 0.267 e. The van der Waals surface area contributed by atoms with Crippen LogP contribution in [0.5, 0.6) is 0 Å². The molecule has 96 valence electrons. The highest BCUT2D eigenvalue weighted by atomic mass is 16.8. The van der Waals surface area contributed by atoms with Gasteiger partial charge >= 0.3 is 0 Å². The van der Waals surface area contributed by atoms with Crippen molar-refractivity contribution in [3.8, 4) is 0 Å². The van der Waals surface area contributed by atoms with Crippen LogP contribution in [0, 0.1) is 0 Å². The van der Waals surface area contributed by atoms with Crippen LogP contribution < -0.4 is 0 Å². The van der Waals surface area contributed by atoms with E-state index in [4.69, 9.17) is 4.94 Å². The molecule has 0 N–H and O–H groups in total. The average Bonchev–Trinajstić information content (AvgIpc) is 2.27. The van der Waals surface area contributed by atoms with E-state index in [1.165, 1.54) is 0 Å². The Balaban J connectivity index is 4.92. The lowest BCUT2D eigenvalue weighted by Gasteiger charge is -2.32. The Bertz CT molecular complexity index is 281. The minimum Gasteiger partial charge on any atom is -0.267 e. The number of carbonyl (C=O) groups excluding carboxylic acids is 2. The van der Waals surface area contributed by atoms with Crippen molar-refractivity contribution in [2.45, 2.75) is 39.8 Å². The fourth-order valence-corrected chi connectivity index (χ4v) is 1.05. The van der Waals surface area contributed by atoms with Crippen LogP contribution in [0.4, 0.5) is 0 Å². The Morgan fingerprint density at radius 3 is 1.41 bits per heavy atom. The summed E-state index contributed by atoms with van der Waals surface area (Å²) in [5.74, 6) is -0.801. The van der Waals surface area contributed by atoms with Gasteiger partial charge in [0.05, 0.1) is 12.1 Å². The molecule has 0 aromatic carbocycles. The van der Waals surface area contributed by atoms with Crippen molar-refractivity contribution in [3.05, 3.63) is 25.3 Å². The number of nitrogens with zero attached hydrogens (tertiary/aromatic N) is 2. The number of rotatable bonds is 6. The second-order valence-corrected chi connectivity index (χ2v) is 4.01. The largest absolute Gasteiger partial charge is 0.271 e. The van der Waals surface area contributed by atoms with Gasteiger partial charge < -0.3 is 0 Å². The van der Waals surface area contributed by atoms with E-state index in [0.717, 1.165) is 22.3 Å². The maximum Gasteiger partial charge on any atom is 0.271 e. The number of carbonyl (C=O) groups is 2. The minimum absolute atomic E-state index is 0.209. The molecule has 0 spiro atoms. The number of amides is 2. The van der Waals surface area contributed by atoms with Crippen LogP contribution in [-0.4, -0.2) is 34.0 Å². The van der Waals surface area contributed by atoms with Crippen LogP contribution in [0.2, 0.25) is 0 Å². The summed E-state index contributed by atoms with van der Waals surface area (Å²) >= 11 is 0. The molecular formula is C12H20N2O3. The summed E-state index contributed by atoms with van der Waals surface area (Å²) in [5, 5.41) is 2.18. The first-order chi connectivity index (χ1) is 7.84. The van der Waals surface area contributed by atoms with E-state index < -0.39 is 11.8 Å². The molecule has 2 amide bonds. The third-order valence-electron chi connectivity index (χ3n) is 1.90. The van der Waals surface area contributed by atoms with Gasteiger partial charge in [-0.15, -0.1) is 4.94 Å². The molecule has 5 heteroatoms. The predicted octanol–water partition coefficient (Wildman–Crippen LogP) is 1.68. The second-order valence-electron chi connectivity index (χ2n) is 4.01. The van der Waals surface area contributed by atoms with Crippen LogP contribution >= 0.6 is 0 Å². The molecule has 0 heterocycles. The molecule has 0 bridgehead atoms. The highest BCUT2D eigenvalue weighted by molar-refractivity contribution is 5.87. The Labute approximate surface area is 102 Å². The van der Waals surface area contributed by atoms with E-state index in [9.17, 15) is 9.59 Å². The molecular weight excluding hydrogens is 220 g/mol. The van der Waals surface area contributed by atoms with Gasteiger partial charge in [0.1, 0.15) is 0 Å². The van der Waals surface area contributed by atoms with Crippen molar-refractivity contribution in [1.29, 1.82) is 0 Å². The lowest BCUT2D eigenvalue weighted by atomic mass is 10.3. The topological polar surface area (TPSA) is 49.9 Å². The maximum absolute atomic E-state index is 11.5. The maximum atomic E-state index is 11.5. The third-order valence-corrected chi connectivity index (χ3v) is 1.90. The van der Waals surface area contributed by atoms with Crippen molar-refractivity contribution in [3.63, 3.8) is 0 Å². The molecule has 17 heavy (non-hydrogen) atoms. The molecule has 0 aliphatic carbocycles. The van der Waals surface area contributed by atoms with E-state index in [1.54, 1.807) is 27.7 Å². The van der Waals surface area contributed by atoms with Gasteiger partial charge in [0.25, 0.3) is 11.8 Å². The second kappa shape index (κ2) is 6.85. The van der Waals surface area contributed by atoms with Gasteiger partial charge in [0.2, 0.25) is 0 Å².